The van der Waals surface area contributed by atoms with Crippen LogP contribution in [0.15, 0.2) is 0 Å². The van der Waals surface area contributed by atoms with Gasteiger partial charge in [-0.2, -0.15) is 0 Å². The molecule has 5 heteroatoms. The highest BCUT2D eigenvalue weighted by Gasteiger charge is 2.33. The standard InChI is InChI=1S/C12H21N3O2/c1-13-12(17)10-4-2-3-5-15(10)11(16)6-9-7-14-8-9/h9-10,14H,2-8H2,1H3,(H,13,17). The molecule has 96 valence electrons. The average Bonchev–Trinajstić information content (AvgIpc) is 2.32. The van der Waals surface area contributed by atoms with E-state index in [0.717, 1.165) is 38.9 Å². The third kappa shape index (κ3) is 2.77. The van der Waals surface area contributed by atoms with E-state index in [9.17, 15) is 9.59 Å². The molecule has 0 aliphatic carbocycles. The Morgan fingerprint density at radius 2 is 2.12 bits per heavy atom. The van der Waals surface area contributed by atoms with E-state index in [-0.39, 0.29) is 17.9 Å². The van der Waals surface area contributed by atoms with Gasteiger partial charge in [-0.25, -0.2) is 0 Å². The number of likely N-dealkylation sites (N-methyl/N-ethyl adjacent to an activating group) is 1. The molecule has 0 aromatic heterocycles. The van der Waals surface area contributed by atoms with Crippen LogP contribution in [0, 0.1) is 5.92 Å². The van der Waals surface area contributed by atoms with Gasteiger partial charge in [0.1, 0.15) is 6.04 Å². The molecule has 0 aromatic carbocycles. The molecule has 5 nitrogen and oxygen atoms in total. The van der Waals surface area contributed by atoms with Gasteiger partial charge in [-0.1, -0.05) is 0 Å². The van der Waals surface area contributed by atoms with Crippen LogP contribution in [0.2, 0.25) is 0 Å². The van der Waals surface area contributed by atoms with Crippen LogP contribution in [-0.2, 0) is 9.59 Å². The Kier molecular flexibility index (Phi) is 3.99. The molecule has 1 unspecified atom stereocenters. The van der Waals surface area contributed by atoms with E-state index in [1.807, 2.05) is 0 Å². The number of nitrogens with one attached hydrogen (secondary N) is 2. The SMILES string of the molecule is CNC(=O)C1CCCCN1C(=O)CC1CNC1. The predicted molar refractivity (Wildman–Crippen MR) is 64.4 cm³/mol. The minimum absolute atomic E-state index is 0.0233. The summed E-state index contributed by atoms with van der Waals surface area (Å²) in [5.74, 6) is 0.587. The summed E-state index contributed by atoms with van der Waals surface area (Å²) in [6.07, 6.45) is 3.43. The lowest BCUT2D eigenvalue weighted by atomic mass is 9.95. The molecular weight excluding hydrogens is 218 g/mol. The Morgan fingerprint density at radius 3 is 2.71 bits per heavy atom. The third-order valence-corrected chi connectivity index (χ3v) is 3.70. The monoisotopic (exact) mass is 239 g/mol. The predicted octanol–water partition coefficient (Wildman–Crippen LogP) is -0.277. The van der Waals surface area contributed by atoms with Crippen molar-refractivity contribution in [1.82, 2.24) is 15.5 Å². The van der Waals surface area contributed by atoms with Crippen molar-refractivity contribution in [2.24, 2.45) is 5.92 Å². The van der Waals surface area contributed by atoms with Gasteiger partial charge in [-0.3, -0.25) is 9.59 Å². The van der Waals surface area contributed by atoms with Gasteiger partial charge in [0, 0.05) is 20.0 Å². The second kappa shape index (κ2) is 5.49. The Labute approximate surface area is 102 Å². The number of hydrogen-bond acceptors (Lipinski definition) is 3. The molecule has 2 saturated heterocycles. The number of carbonyl (C=O) groups is 2. The molecule has 0 bridgehead atoms. The fourth-order valence-corrected chi connectivity index (χ4v) is 2.53. The number of likely N-dealkylation sites (tertiary alicyclic amines) is 1. The van der Waals surface area contributed by atoms with Gasteiger partial charge in [0.05, 0.1) is 0 Å². The summed E-state index contributed by atoms with van der Waals surface area (Å²) in [6, 6.07) is -0.241. The second-order valence-corrected chi connectivity index (χ2v) is 4.94. The summed E-state index contributed by atoms with van der Waals surface area (Å²) >= 11 is 0. The number of amides is 2. The van der Waals surface area contributed by atoms with Crippen molar-refractivity contribution in [2.45, 2.75) is 31.7 Å². The molecule has 1 atom stereocenters. The van der Waals surface area contributed by atoms with Gasteiger partial charge in [0.2, 0.25) is 11.8 Å². The van der Waals surface area contributed by atoms with Crippen molar-refractivity contribution in [3.05, 3.63) is 0 Å². The first-order chi connectivity index (χ1) is 8.22. The Balaban J connectivity index is 1.94. The number of piperidine rings is 1. The van der Waals surface area contributed by atoms with Gasteiger partial charge in [0.25, 0.3) is 0 Å². The van der Waals surface area contributed by atoms with Gasteiger partial charge in [-0.15, -0.1) is 0 Å². The second-order valence-electron chi connectivity index (χ2n) is 4.94. The minimum Gasteiger partial charge on any atom is -0.357 e. The minimum atomic E-state index is -0.241. The zero-order valence-corrected chi connectivity index (χ0v) is 10.4. The summed E-state index contributed by atoms with van der Waals surface area (Å²) in [7, 11) is 1.63. The molecular formula is C12H21N3O2. The van der Waals surface area contributed by atoms with Gasteiger partial charge in [0.15, 0.2) is 0 Å². The van der Waals surface area contributed by atoms with Gasteiger partial charge in [-0.05, 0) is 38.3 Å². The van der Waals surface area contributed by atoms with E-state index < -0.39 is 0 Å². The van der Waals surface area contributed by atoms with Crippen molar-refractivity contribution in [1.29, 1.82) is 0 Å². The molecule has 17 heavy (non-hydrogen) atoms. The lowest BCUT2D eigenvalue weighted by Crippen LogP contribution is -2.53. The van der Waals surface area contributed by atoms with E-state index in [1.165, 1.54) is 0 Å². The van der Waals surface area contributed by atoms with Gasteiger partial charge >= 0.3 is 0 Å². The molecule has 2 aliphatic heterocycles. The molecule has 2 fully saturated rings. The Morgan fingerprint density at radius 1 is 1.35 bits per heavy atom. The van der Waals surface area contributed by atoms with Crippen LogP contribution in [0.25, 0.3) is 0 Å². The highest BCUT2D eigenvalue weighted by atomic mass is 16.2. The normalized spacial score (nSPS) is 25.2. The number of nitrogens with zero attached hydrogens (tertiary/aromatic N) is 1. The van der Waals surface area contributed by atoms with Crippen LogP contribution < -0.4 is 10.6 Å². The molecule has 0 aromatic rings. The third-order valence-electron chi connectivity index (χ3n) is 3.70. The van der Waals surface area contributed by atoms with Crippen molar-refractivity contribution in [2.75, 3.05) is 26.7 Å². The largest absolute Gasteiger partial charge is 0.357 e. The summed E-state index contributed by atoms with van der Waals surface area (Å²) < 4.78 is 0. The first-order valence-electron chi connectivity index (χ1n) is 6.44. The van der Waals surface area contributed by atoms with Crippen LogP contribution in [0.5, 0.6) is 0 Å². The van der Waals surface area contributed by atoms with E-state index in [2.05, 4.69) is 10.6 Å². The molecule has 2 heterocycles. The van der Waals surface area contributed by atoms with Crippen LogP contribution in [0.3, 0.4) is 0 Å². The van der Waals surface area contributed by atoms with E-state index in [1.54, 1.807) is 11.9 Å². The average molecular weight is 239 g/mol. The van der Waals surface area contributed by atoms with Crippen LogP contribution in [-0.4, -0.2) is 49.4 Å². The highest BCUT2D eigenvalue weighted by Crippen LogP contribution is 2.20. The van der Waals surface area contributed by atoms with E-state index in [0.29, 0.717) is 12.3 Å². The van der Waals surface area contributed by atoms with E-state index in [4.69, 9.17) is 0 Å². The maximum absolute atomic E-state index is 12.2. The zero-order chi connectivity index (χ0) is 12.3. The van der Waals surface area contributed by atoms with Crippen LogP contribution in [0.1, 0.15) is 25.7 Å². The maximum atomic E-state index is 12.2. The molecule has 2 amide bonds. The Bertz CT molecular complexity index is 302. The smallest absolute Gasteiger partial charge is 0.242 e. The van der Waals surface area contributed by atoms with Crippen LogP contribution in [0.4, 0.5) is 0 Å². The zero-order valence-electron chi connectivity index (χ0n) is 10.4. The highest BCUT2D eigenvalue weighted by molar-refractivity contribution is 5.87. The quantitative estimate of drug-likeness (QED) is 0.712. The molecule has 0 saturated carbocycles. The number of rotatable bonds is 3. The topological polar surface area (TPSA) is 61.4 Å². The molecule has 0 radical (unpaired) electrons. The fraction of sp³-hybridized carbons (Fsp3) is 0.833. The first-order valence-corrected chi connectivity index (χ1v) is 6.44. The summed E-state index contributed by atoms with van der Waals surface area (Å²) in [5, 5.41) is 5.82. The molecule has 2 aliphatic rings. The molecule has 2 rings (SSSR count). The summed E-state index contributed by atoms with van der Waals surface area (Å²) in [4.78, 5) is 25.7. The van der Waals surface area contributed by atoms with Crippen molar-refractivity contribution < 1.29 is 9.59 Å². The number of carbonyl (C=O) groups excluding carboxylic acids is 2. The first kappa shape index (κ1) is 12.4. The van der Waals surface area contributed by atoms with Crippen molar-refractivity contribution in [3.63, 3.8) is 0 Å². The fourth-order valence-electron chi connectivity index (χ4n) is 2.53. The Hall–Kier alpha value is -1.10. The molecule has 0 spiro atoms. The maximum Gasteiger partial charge on any atom is 0.242 e. The lowest BCUT2D eigenvalue weighted by Gasteiger charge is -2.36. The summed E-state index contributed by atoms with van der Waals surface area (Å²) in [6.45, 7) is 2.60. The van der Waals surface area contributed by atoms with Crippen molar-refractivity contribution in [3.8, 4) is 0 Å². The van der Waals surface area contributed by atoms with Gasteiger partial charge < -0.3 is 15.5 Å². The number of hydrogen-bond donors (Lipinski definition) is 2. The van der Waals surface area contributed by atoms with Crippen LogP contribution >= 0.6 is 0 Å². The van der Waals surface area contributed by atoms with E-state index >= 15 is 0 Å². The molecule has 2 N–H and O–H groups in total. The van der Waals surface area contributed by atoms with Crippen molar-refractivity contribution >= 4 is 11.8 Å². The lowest BCUT2D eigenvalue weighted by molar-refractivity contribution is -0.143. The summed E-state index contributed by atoms with van der Waals surface area (Å²) in [5.41, 5.74) is 0.